The van der Waals surface area contributed by atoms with Crippen molar-refractivity contribution < 1.29 is 14.3 Å². The Morgan fingerprint density at radius 1 is 1.28 bits per heavy atom. The number of benzene rings is 1. The van der Waals surface area contributed by atoms with E-state index in [0.717, 1.165) is 12.8 Å². The molecule has 1 aromatic carbocycles. The van der Waals surface area contributed by atoms with Crippen molar-refractivity contribution in [3.8, 4) is 17.2 Å². The van der Waals surface area contributed by atoms with Gasteiger partial charge in [0.2, 0.25) is 5.43 Å². The van der Waals surface area contributed by atoms with E-state index in [2.05, 4.69) is 25.2 Å². The molecule has 0 spiro atoms. The van der Waals surface area contributed by atoms with Crippen LogP contribution in [0.5, 0.6) is 0 Å². The zero-order valence-corrected chi connectivity index (χ0v) is 23.4. The molecule has 4 aromatic heterocycles. The van der Waals surface area contributed by atoms with E-state index in [4.69, 9.17) is 11.5 Å². The Morgan fingerprint density at radius 3 is 2.77 bits per heavy atom. The normalized spacial score (nSPS) is 21.5. The van der Waals surface area contributed by atoms with Gasteiger partial charge in [0.1, 0.15) is 28.7 Å². The van der Waals surface area contributed by atoms with Gasteiger partial charge in [-0.05, 0) is 24.8 Å². The Hall–Kier alpha value is -5.06. The zero-order chi connectivity index (χ0) is 30.4. The van der Waals surface area contributed by atoms with Crippen LogP contribution in [0.25, 0.3) is 44.1 Å². The molecular weight excluding hydrogens is 553 g/mol. The maximum absolute atomic E-state index is 15.3. The number of anilines is 2. The number of hydrogen-bond acceptors (Lipinski definition) is 9. The lowest BCUT2D eigenvalue weighted by atomic mass is 9.89. The quantitative estimate of drug-likeness (QED) is 0.211. The van der Waals surface area contributed by atoms with Crippen molar-refractivity contribution in [3.63, 3.8) is 0 Å². The first-order chi connectivity index (χ1) is 20.6. The molecule has 12 nitrogen and oxygen atoms in total. The number of H-pyrrole nitrogens is 1. The second kappa shape index (κ2) is 9.22. The first-order valence-corrected chi connectivity index (χ1v) is 13.8. The van der Waals surface area contributed by atoms with Crippen LogP contribution >= 0.6 is 0 Å². The number of pyridine rings is 3. The highest BCUT2D eigenvalue weighted by Crippen LogP contribution is 2.48. The number of fused-ring (bicyclic) bond motifs is 5. The van der Waals surface area contributed by atoms with E-state index in [1.165, 1.54) is 16.8 Å². The third kappa shape index (κ3) is 3.66. The van der Waals surface area contributed by atoms with Gasteiger partial charge in [0.15, 0.2) is 0 Å². The van der Waals surface area contributed by atoms with E-state index in [-0.39, 0.29) is 28.5 Å². The molecule has 43 heavy (non-hydrogen) atoms. The van der Waals surface area contributed by atoms with Gasteiger partial charge in [-0.2, -0.15) is 5.26 Å². The highest BCUT2D eigenvalue weighted by molar-refractivity contribution is 6.20. The first kappa shape index (κ1) is 26.8. The van der Waals surface area contributed by atoms with Crippen molar-refractivity contribution in [2.45, 2.75) is 24.4 Å². The van der Waals surface area contributed by atoms with E-state index < -0.39 is 22.8 Å². The number of nitriles is 1. The predicted octanol–water partition coefficient (Wildman–Crippen LogP) is 2.64. The Labute approximate surface area is 243 Å². The van der Waals surface area contributed by atoms with Crippen LogP contribution in [-0.2, 0) is 7.05 Å². The molecule has 7 rings (SSSR count). The summed E-state index contributed by atoms with van der Waals surface area (Å²) in [5.41, 5.74) is 15.1. The summed E-state index contributed by atoms with van der Waals surface area (Å²) in [5, 5.41) is 23.7. The van der Waals surface area contributed by atoms with Gasteiger partial charge in [-0.15, -0.1) is 0 Å². The predicted molar refractivity (Wildman–Crippen MR) is 161 cm³/mol. The van der Waals surface area contributed by atoms with Gasteiger partial charge in [-0.3, -0.25) is 4.79 Å². The topological polar surface area (TPSA) is 192 Å². The van der Waals surface area contributed by atoms with Gasteiger partial charge in [-0.1, -0.05) is 0 Å². The average Bonchev–Trinajstić information content (AvgIpc) is 3.63. The Kier molecular flexibility index (Phi) is 5.75. The standard InChI is InChI=1S/C30H28FN9O3/c1-35-20-6-19(31)16(7-32)22-23-25(40-10-14-3-4-21(33)30(14,34)12-40)17(9-36-27(23)38-24(20)22)13-5-15-26(41)18(29(42)43)11-39(2)28(15)37-8-13/h5-6,8-9,11,14,21,35H,3-4,10,12,33-34H2,1-2H3,(H,36,38)(H,42,43)/t14-,21?,30-/m1/s1. The van der Waals surface area contributed by atoms with Crippen molar-refractivity contribution in [1.29, 1.82) is 5.26 Å². The summed E-state index contributed by atoms with van der Waals surface area (Å²) in [6.45, 7) is 0.991. The lowest BCUT2D eigenvalue weighted by molar-refractivity contribution is 0.0695. The van der Waals surface area contributed by atoms with E-state index >= 15 is 4.39 Å². The number of aromatic nitrogens is 4. The zero-order valence-electron chi connectivity index (χ0n) is 23.4. The van der Waals surface area contributed by atoms with Crippen LogP contribution in [0, 0.1) is 23.1 Å². The number of aromatic amines is 1. The highest BCUT2D eigenvalue weighted by atomic mass is 19.1. The molecule has 0 bridgehead atoms. The van der Waals surface area contributed by atoms with Crippen molar-refractivity contribution in [2.75, 3.05) is 30.4 Å². The van der Waals surface area contributed by atoms with Crippen LogP contribution in [0.15, 0.2) is 35.5 Å². The summed E-state index contributed by atoms with van der Waals surface area (Å²) in [4.78, 5) is 39.6. The van der Waals surface area contributed by atoms with Crippen LogP contribution in [0.3, 0.4) is 0 Å². The van der Waals surface area contributed by atoms with E-state index in [9.17, 15) is 20.0 Å². The van der Waals surface area contributed by atoms with Crippen LogP contribution < -0.4 is 27.1 Å². The summed E-state index contributed by atoms with van der Waals surface area (Å²) < 4.78 is 16.8. The molecule has 0 amide bonds. The molecule has 1 aliphatic carbocycles. The average molecular weight is 582 g/mol. The molecule has 1 saturated carbocycles. The largest absolute Gasteiger partial charge is 0.477 e. The second-order valence-electron chi connectivity index (χ2n) is 11.5. The number of aromatic carboxylic acids is 1. The number of hydrogen-bond donors (Lipinski definition) is 5. The summed E-state index contributed by atoms with van der Waals surface area (Å²) in [6.07, 6.45) is 6.16. The fraction of sp³-hybridized carbons (Fsp3) is 0.300. The second-order valence-corrected chi connectivity index (χ2v) is 11.5. The monoisotopic (exact) mass is 581 g/mol. The molecule has 5 heterocycles. The van der Waals surface area contributed by atoms with E-state index in [1.807, 2.05) is 6.07 Å². The number of nitrogens with one attached hydrogen (secondary N) is 2. The maximum atomic E-state index is 15.3. The molecule has 0 radical (unpaired) electrons. The lowest BCUT2D eigenvalue weighted by Gasteiger charge is -2.30. The van der Waals surface area contributed by atoms with Crippen molar-refractivity contribution in [1.82, 2.24) is 19.5 Å². The summed E-state index contributed by atoms with van der Waals surface area (Å²) in [5.74, 6) is -1.90. The van der Waals surface area contributed by atoms with Crippen molar-refractivity contribution in [3.05, 3.63) is 57.9 Å². The minimum absolute atomic E-state index is 0.115. The maximum Gasteiger partial charge on any atom is 0.341 e. The van der Waals surface area contributed by atoms with Crippen LogP contribution in [-0.4, -0.2) is 62.3 Å². The van der Waals surface area contributed by atoms with Gasteiger partial charge in [-0.25, -0.2) is 19.2 Å². The Balaban J connectivity index is 1.58. The molecule has 1 saturated heterocycles. The Morgan fingerprint density at radius 2 is 2.07 bits per heavy atom. The molecule has 2 aliphatic rings. The number of halogens is 1. The van der Waals surface area contributed by atoms with Crippen molar-refractivity contribution >= 4 is 50.3 Å². The minimum atomic E-state index is -1.34. The SMILES string of the molecule is CNc1cc(F)c(C#N)c2c1[nH]c1ncc(-c3cnc4c(c3)c(=O)c(C(=O)O)cn4C)c(N3C[C@H]4CCC(N)[C@@]4(N)C3)c12. The smallest absolute Gasteiger partial charge is 0.341 e. The van der Waals surface area contributed by atoms with Gasteiger partial charge in [0.05, 0.1) is 38.8 Å². The van der Waals surface area contributed by atoms with Gasteiger partial charge in [0, 0.05) is 74.4 Å². The van der Waals surface area contributed by atoms with E-state index in [0.29, 0.717) is 63.2 Å². The third-order valence-electron chi connectivity index (χ3n) is 9.26. The van der Waals surface area contributed by atoms with Crippen molar-refractivity contribution in [2.24, 2.45) is 24.4 Å². The molecule has 218 valence electrons. The van der Waals surface area contributed by atoms with Gasteiger partial charge in [0.25, 0.3) is 0 Å². The van der Waals surface area contributed by atoms with Crippen LogP contribution in [0.4, 0.5) is 15.8 Å². The lowest BCUT2D eigenvalue weighted by Crippen LogP contribution is -2.56. The molecule has 3 atom stereocenters. The fourth-order valence-electron chi connectivity index (χ4n) is 7.05. The number of carboxylic acid groups (broad SMARTS) is 1. The third-order valence-corrected chi connectivity index (χ3v) is 9.26. The number of nitrogens with two attached hydrogens (primary N) is 2. The molecule has 5 aromatic rings. The number of aryl methyl sites for hydroxylation is 1. The van der Waals surface area contributed by atoms with Gasteiger partial charge >= 0.3 is 5.97 Å². The first-order valence-electron chi connectivity index (χ1n) is 13.8. The van der Waals surface area contributed by atoms with E-state index in [1.54, 1.807) is 32.6 Å². The molecule has 7 N–H and O–H groups in total. The number of nitrogens with zero attached hydrogens (tertiary/aromatic N) is 5. The summed E-state index contributed by atoms with van der Waals surface area (Å²) in [6, 6.07) is 4.70. The molecule has 13 heteroatoms. The molecular formula is C30H28FN9O3. The van der Waals surface area contributed by atoms with Gasteiger partial charge < -0.3 is 36.3 Å². The number of rotatable bonds is 4. The molecule has 1 aliphatic heterocycles. The summed E-state index contributed by atoms with van der Waals surface area (Å²) in [7, 11) is 3.29. The van der Waals surface area contributed by atoms with Crippen LogP contribution in [0.2, 0.25) is 0 Å². The number of carboxylic acids is 1. The minimum Gasteiger partial charge on any atom is -0.477 e. The molecule has 2 fully saturated rings. The van der Waals surface area contributed by atoms with Crippen LogP contribution in [0.1, 0.15) is 28.8 Å². The summed E-state index contributed by atoms with van der Waals surface area (Å²) >= 11 is 0. The fourth-order valence-corrected chi connectivity index (χ4v) is 7.05. The Bertz CT molecular complexity index is 2130. The highest BCUT2D eigenvalue weighted by Gasteiger charge is 2.52. The number of carbonyl (C=O) groups is 1. The molecule has 1 unspecified atom stereocenters.